The number of anilines is 3. The van der Waals surface area contributed by atoms with Crippen LogP contribution in [-0.2, 0) is 0 Å². The number of para-hydroxylation sites is 4. The van der Waals surface area contributed by atoms with Crippen molar-refractivity contribution in [3.8, 4) is 27.9 Å². The molecule has 3 heterocycles. The molecule has 12 rings (SSSR count). The summed E-state index contributed by atoms with van der Waals surface area (Å²) in [4.78, 5) is 2.35. The van der Waals surface area contributed by atoms with E-state index in [1.165, 1.54) is 53.2 Å². The monoisotopic (exact) mass is 758 g/mol. The van der Waals surface area contributed by atoms with E-state index in [1.54, 1.807) is 0 Å². The van der Waals surface area contributed by atoms with Crippen LogP contribution in [0.15, 0.2) is 211 Å². The minimum absolute atomic E-state index is 0.860. The average molecular weight is 759 g/mol. The Morgan fingerprint density at radius 3 is 1.98 bits per heavy atom. The molecule has 0 radical (unpaired) electrons. The Balaban J connectivity index is 1.02. The first kappa shape index (κ1) is 32.8. The molecule has 3 aromatic heterocycles. The van der Waals surface area contributed by atoms with E-state index in [-0.39, 0.29) is 0 Å². The van der Waals surface area contributed by atoms with Crippen LogP contribution in [0.1, 0.15) is 0 Å². The Bertz CT molecular complexity index is 3520. The minimum atomic E-state index is 0.860. The van der Waals surface area contributed by atoms with Crippen molar-refractivity contribution in [2.24, 2.45) is 0 Å². The van der Waals surface area contributed by atoms with Crippen LogP contribution in [-0.4, -0.2) is 4.57 Å². The predicted molar refractivity (Wildman–Crippen MR) is 247 cm³/mol. The zero-order valence-electron chi connectivity index (χ0n) is 31.3. The maximum absolute atomic E-state index is 6.69. The van der Waals surface area contributed by atoms with E-state index >= 15 is 0 Å². The fourth-order valence-corrected chi connectivity index (χ4v) is 10.1. The van der Waals surface area contributed by atoms with Gasteiger partial charge in [-0.15, -0.1) is 11.3 Å². The first-order valence-electron chi connectivity index (χ1n) is 19.7. The maximum atomic E-state index is 6.69. The number of hydrogen-bond donors (Lipinski definition) is 0. The number of hydrogen-bond acceptors (Lipinski definition) is 3. The van der Waals surface area contributed by atoms with E-state index in [1.807, 2.05) is 17.4 Å². The highest BCUT2D eigenvalue weighted by Crippen LogP contribution is 2.45. The minimum Gasteiger partial charge on any atom is -0.454 e. The smallest absolute Gasteiger partial charge is 0.159 e. The molecule has 0 fully saturated rings. The lowest BCUT2D eigenvalue weighted by atomic mass is 9.96. The van der Waals surface area contributed by atoms with Crippen molar-refractivity contribution in [3.05, 3.63) is 206 Å². The van der Waals surface area contributed by atoms with Crippen LogP contribution in [0.25, 0.3) is 91.9 Å². The third-order valence-electron chi connectivity index (χ3n) is 11.6. The van der Waals surface area contributed by atoms with Crippen molar-refractivity contribution in [1.82, 2.24) is 4.57 Å². The Hall–Kier alpha value is -7.40. The Morgan fingerprint density at radius 2 is 1.09 bits per heavy atom. The molecular weight excluding hydrogens is 725 g/mol. The van der Waals surface area contributed by atoms with Gasteiger partial charge in [0.15, 0.2) is 5.58 Å². The molecule has 0 saturated carbocycles. The molecule has 0 unspecified atom stereocenters. The van der Waals surface area contributed by atoms with Gasteiger partial charge in [-0.05, 0) is 95.1 Å². The number of benzene rings is 9. The van der Waals surface area contributed by atoms with E-state index in [0.29, 0.717) is 0 Å². The van der Waals surface area contributed by atoms with Crippen molar-refractivity contribution in [2.45, 2.75) is 0 Å². The molecule has 0 aliphatic carbocycles. The molecule has 12 aromatic rings. The van der Waals surface area contributed by atoms with Gasteiger partial charge in [-0.25, -0.2) is 0 Å². The number of furan rings is 1. The van der Waals surface area contributed by atoms with Gasteiger partial charge in [-0.3, -0.25) is 0 Å². The second-order valence-electron chi connectivity index (χ2n) is 14.9. The summed E-state index contributed by atoms with van der Waals surface area (Å²) in [5.41, 5.74) is 13.1. The number of aromatic nitrogens is 1. The van der Waals surface area contributed by atoms with E-state index < -0.39 is 0 Å². The summed E-state index contributed by atoms with van der Waals surface area (Å²) < 4.78 is 11.7. The van der Waals surface area contributed by atoms with Gasteiger partial charge in [-0.1, -0.05) is 133 Å². The third-order valence-corrected chi connectivity index (χ3v) is 12.7. The molecule has 0 atom stereocenters. The zero-order valence-corrected chi connectivity index (χ0v) is 32.2. The highest BCUT2D eigenvalue weighted by atomic mass is 32.1. The van der Waals surface area contributed by atoms with Gasteiger partial charge in [0.1, 0.15) is 5.58 Å². The van der Waals surface area contributed by atoms with Crippen LogP contribution in [0.3, 0.4) is 0 Å². The summed E-state index contributed by atoms with van der Waals surface area (Å²) in [6.07, 6.45) is 0. The molecule has 3 nitrogen and oxygen atoms in total. The van der Waals surface area contributed by atoms with Gasteiger partial charge in [0.25, 0.3) is 0 Å². The third kappa shape index (κ3) is 5.12. The van der Waals surface area contributed by atoms with Crippen molar-refractivity contribution >= 4 is 92.3 Å². The summed E-state index contributed by atoms with van der Waals surface area (Å²) in [5.74, 6) is 0. The van der Waals surface area contributed by atoms with Gasteiger partial charge in [0, 0.05) is 58.8 Å². The van der Waals surface area contributed by atoms with Crippen molar-refractivity contribution < 1.29 is 4.42 Å². The van der Waals surface area contributed by atoms with E-state index in [0.717, 1.165) is 55.8 Å². The molecule has 0 amide bonds. The average Bonchev–Trinajstić information content (AvgIpc) is 3.97. The molecule has 272 valence electrons. The molecule has 0 spiro atoms. The molecular formula is C54H34N2OS. The van der Waals surface area contributed by atoms with E-state index in [2.05, 4.69) is 210 Å². The highest BCUT2D eigenvalue weighted by molar-refractivity contribution is 7.25. The number of nitrogens with zero attached hydrogens (tertiary/aromatic N) is 2. The van der Waals surface area contributed by atoms with Crippen molar-refractivity contribution in [1.29, 1.82) is 0 Å². The SMILES string of the molecule is c1ccc(-n2c3ccccc3c3ccc(N(c4ccc(-c5cccc(-c6cccc7sc8ccccc8c67)c5)cc4)c4cccc5c4oc4ccccc45)cc32)cc1. The Kier molecular flexibility index (Phi) is 7.40. The van der Waals surface area contributed by atoms with E-state index in [9.17, 15) is 0 Å². The summed E-state index contributed by atoms with van der Waals surface area (Å²) in [6.45, 7) is 0. The Labute approximate surface area is 338 Å². The first-order valence-corrected chi connectivity index (χ1v) is 20.5. The molecule has 0 aliphatic heterocycles. The summed E-state index contributed by atoms with van der Waals surface area (Å²) in [5, 5.41) is 7.30. The van der Waals surface area contributed by atoms with Crippen LogP contribution in [0.4, 0.5) is 17.1 Å². The van der Waals surface area contributed by atoms with E-state index in [4.69, 9.17) is 4.42 Å². The quantitative estimate of drug-likeness (QED) is 0.168. The first-order chi connectivity index (χ1) is 28.8. The normalized spacial score (nSPS) is 11.8. The van der Waals surface area contributed by atoms with Crippen LogP contribution in [0, 0.1) is 0 Å². The van der Waals surface area contributed by atoms with Gasteiger partial charge >= 0.3 is 0 Å². The molecule has 0 bridgehead atoms. The maximum Gasteiger partial charge on any atom is 0.159 e. The van der Waals surface area contributed by atoms with Crippen LogP contribution < -0.4 is 4.90 Å². The molecule has 58 heavy (non-hydrogen) atoms. The van der Waals surface area contributed by atoms with Crippen molar-refractivity contribution in [2.75, 3.05) is 4.90 Å². The van der Waals surface area contributed by atoms with Crippen LogP contribution >= 0.6 is 11.3 Å². The van der Waals surface area contributed by atoms with Crippen LogP contribution in [0.5, 0.6) is 0 Å². The lowest BCUT2D eigenvalue weighted by Gasteiger charge is -2.26. The van der Waals surface area contributed by atoms with Gasteiger partial charge in [-0.2, -0.15) is 0 Å². The number of thiophene rings is 1. The van der Waals surface area contributed by atoms with Crippen LogP contribution in [0.2, 0.25) is 0 Å². The predicted octanol–water partition coefficient (Wildman–Crippen LogP) is 15.9. The molecule has 0 N–H and O–H groups in total. The Morgan fingerprint density at radius 1 is 0.414 bits per heavy atom. The lowest BCUT2D eigenvalue weighted by Crippen LogP contribution is -2.10. The number of rotatable bonds is 6. The summed E-state index contributed by atoms with van der Waals surface area (Å²) in [7, 11) is 0. The highest BCUT2D eigenvalue weighted by Gasteiger charge is 2.22. The van der Waals surface area contributed by atoms with Gasteiger partial charge in [0.05, 0.1) is 16.7 Å². The number of fused-ring (bicyclic) bond motifs is 9. The second-order valence-corrected chi connectivity index (χ2v) is 16.0. The standard InChI is InChI=1S/C54H34N2OS/c1-2-15-38(16-3-1)56-47-22-7-4-17-42(47)43-32-31-40(34-49(43)56)55(48-23-11-21-45-44-18-5-8-24-50(44)57-54(45)48)39-29-27-35(28-30-39)36-13-10-14-37(33-36)41-20-12-26-52-53(41)46-19-6-9-25-51(46)58-52/h1-34H. The molecule has 4 heteroatoms. The topological polar surface area (TPSA) is 21.3 Å². The fraction of sp³-hybridized carbons (Fsp3) is 0. The molecule has 0 aliphatic rings. The zero-order chi connectivity index (χ0) is 38.2. The molecule has 0 saturated heterocycles. The van der Waals surface area contributed by atoms with Crippen molar-refractivity contribution in [3.63, 3.8) is 0 Å². The lowest BCUT2D eigenvalue weighted by molar-refractivity contribution is 0.669. The van der Waals surface area contributed by atoms with Gasteiger partial charge < -0.3 is 13.9 Å². The molecule has 9 aromatic carbocycles. The largest absolute Gasteiger partial charge is 0.454 e. The fourth-order valence-electron chi connectivity index (χ4n) is 8.97. The summed E-state index contributed by atoms with van der Waals surface area (Å²) >= 11 is 1.86. The second kappa shape index (κ2) is 13.1. The van der Waals surface area contributed by atoms with Gasteiger partial charge in [0.2, 0.25) is 0 Å². The summed E-state index contributed by atoms with van der Waals surface area (Å²) in [6, 6.07) is 74.4.